The van der Waals surface area contributed by atoms with Gasteiger partial charge in [-0.1, -0.05) is 18.2 Å². The zero-order valence-electron chi connectivity index (χ0n) is 14.5. The number of non-ortho nitro benzene ring substituents is 1. The lowest BCUT2D eigenvalue weighted by Gasteiger charge is -2.09. The molecular weight excluding hydrogens is 388 g/mol. The molecule has 0 aromatic heterocycles. The highest BCUT2D eigenvalue weighted by molar-refractivity contribution is 6.04. The number of carbonyl (C=O) groups is 2. The number of halogens is 2. The standard InChI is InChI=1S/C20H11F2NO6/c21-12-8-13(22)10-16(9-12)29-20(25)18-7-2-1-6-17(18)19(24)28-15-5-3-4-14(11-15)23(26)27/h1-11H. The minimum absolute atomic E-state index is 0.0976. The van der Waals surface area contributed by atoms with Gasteiger partial charge in [-0.05, 0) is 18.2 Å². The lowest BCUT2D eigenvalue weighted by Crippen LogP contribution is -2.17. The summed E-state index contributed by atoms with van der Waals surface area (Å²) in [6, 6.07) is 12.6. The summed E-state index contributed by atoms with van der Waals surface area (Å²) in [5.41, 5.74) is -0.690. The van der Waals surface area contributed by atoms with Gasteiger partial charge < -0.3 is 9.47 Å². The third kappa shape index (κ3) is 4.78. The lowest BCUT2D eigenvalue weighted by atomic mass is 10.1. The molecule has 9 heteroatoms. The topological polar surface area (TPSA) is 95.7 Å². The summed E-state index contributed by atoms with van der Waals surface area (Å²) in [6.45, 7) is 0. The van der Waals surface area contributed by atoms with Crippen LogP contribution in [0.4, 0.5) is 14.5 Å². The van der Waals surface area contributed by atoms with Crippen molar-refractivity contribution in [2.45, 2.75) is 0 Å². The summed E-state index contributed by atoms with van der Waals surface area (Å²) in [7, 11) is 0. The van der Waals surface area contributed by atoms with Crippen molar-refractivity contribution >= 4 is 17.6 Å². The normalized spacial score (nSPS) is 10.3. The highest BCUT2D eigenvalue weighted by atomic mass is 19.1. The highest BCUT2D eigenvalue weighted by Crippen LogP contribution is 2.22. The molecule has 0 radical (unpaired) electrons. The molecule has 3 aromatic carbocycles. The number of ether oxygens (including phenoxy) is 2. The average Bonchev–Trinajstić information content (AvgIpc) is 2.67. The van der Waals surface area contributed by atoms with Crippen LogP contribution in [0, 0.1) is 21.7 Å². The summed E-state index contributed by atoms with van der Waals surface area (Å²) in [5, 5.41) is 10.8. The van der Waals surface area contributed by atoms with Gasteiger partial charge in [-0.25, -0.2) is 18.4 Å². The van der Waals surface area contributed by atoms with E-state index in [0.717, 1.165) is 18.2 Å². The molecule has 0 saturated heterocycles. The first-order chi connectivity index (χ1) is 13.8. The Morgan fingerprint density at radius 3 is 1.86 bits per heavy atom. The number of nitro groups is 1. The van der Waals surface area contributed by atoms with Crippen molar-refractivity contribution in [3.05, 3.63) is 99.6 Å². The van der Waals surface area contributed by atoms with Crippen LogP contribution in [-0.4, -0.2) is 16.9 Å². The van der Waals surface area contributed by atoms with Gasteiger partial charge in [0.2, 0.25) is 0 Å². The van der Waals surface area contributed by atoms with E-state index in [1.807, 2.05) is 0 Å². The van der Waals surface area contributed by atoms with E-state index in [1.54, 1.807) is 0 Å². The third-order valence-corrected chi connectivity index (χ3v) is 3.65. The van der Waals surface area contributed by atoms with Crippen LogP contribution in [0.5, 0.6) is 11.5 Å². The number of rotatable bonds is 5. The van der Waals surface area contributed by atoms with E-state index >= 15 is 0 Å². The summed E-state index contributed by atoms with van der Waals surface area (Å²) in [6.07, 6.45) is 0. The monoisotopic (exact) mass is 399 g/mol. The van der Waals surface area contributed by atoms with Gasteiger partial charge in [-0.2, -0.15) is 0 Å². The number of esters is 2. The Bertz CT molecular complexity index is 1100. The Morgan fingerprint density at radius 1 is 0.759 bits per heavy atom. The fourth-order valence-corrected chi connectivity index (χ4v) is 2.41. The Labute approximate surface area is 162 Å². The summed E-state index contributed by atoms with van der Waals surface area (Å²) in [4.78, 5) is 35.0. The molecule has 0 amide bonds. The first kappa shape index (κ1) is 19.6. The molecule has 0 N–H and O–H groups in total. The van der Waals surface area contributed by atoms with E-state index in [9.17, 15) is 28.5 Å². The SMILES string of the molecule is O=C(Oc1cc(F)cc(F)c1)c1ccccc1C(=O)Oc1cccc([N+](=O)[O-])c1. The van der Waals surface area contributed by atoms with E-state index in [0.29, 0.717) is 6.07 Å². The lowest BCUT2D eigenvalue weighted by molar-refractivity contribution is -0.384. The zero-order valence-corrected chi connectivity index (χ0v) is 14.5. The van der Waals surface area contributed by atoms with E-state index in [-0.39, 0.29) is 28.3 Å². The van der Waals surface area contributed by atoms with Crippen molar-refractivity contribution in [2.75, 3.05) is 0 Å². The summed E-state index contributed by atoms with van der Waals surface area (Å²) in [5.74, 6) is -4.36. The molecule has 0 aliphatic rings. The zero-order chi connectivity index (χ0) is 21.0. The van der Waals surface area contributed by atoms with Gasteiger partial charge >= 0.3 is 11.9 Å². The maximum atomic E-state index is 13.3. The van der Waals surface area contributed by atoms with E-state index in [4.69, 9.17) is 9.47 Å². The van der Waals surface area contributed by atoms with Gasteiger partial charge in [0.1, 0.15) is 23.1 Å². The third-order valence-electron chi connectivity index (χ3n) is 3.65. The molecule has 29 heavy (non-hydrogen) atoms. The van der Waals surface area contributed by atoms with Crippen LogP contribution < -0.4 is 9.47 Å². The molecule has 0 aliphatic heterocycles. The second-order valence-corrected chi connectivity index (χ2v) is 5.68. The first-order valence-electron chi connectivity index (χ1n) is 8.07. The van der Waals surface area contributed by atoms with Crippen LogP contribution in [-0.2, 0) is 0 Å². The molecule has 0 atom stereocenters. The quantitative estimate of drug-likeness (QED) is 0.275. The molecule has 0 aliphatic carbocycles. The Kier molecular flexibility index (Phi) is 5.59. The number of benzene rings is 3. The van der Waals surface area contributed by atoms with Crippen LogP contribution >= 0.6 is 0 Å². The fourth-order valence-electron chi connectivity index (χ4n) is 2.41. The van der Waals surface area contributed by atoms with Crippen LogP contribution in [0.25, 0.3) is 0 Å². The number of nitro benzene ring substituents is 1. The van der Waals surface area contributed by atoms with Gasteiger partial charge in [0.15, 0.2) is 0 Å². The van der Waals surface area contributed by atoms with E-state index in [2.05, 4.69) is 0 Å². The summed E-state index contributed by atoms with van der Waals surface area (Å²) < 4.78 is 36.6. The van der Waals surface area contributed by atoms with Crippen molar-refractivity contribution < 1.29 is 32.8 Å². The number of nitrogens with zero attached hydrogens (tertiary/aromatic N) is 1. The minimum atomic E-state index is -1.04. The maximum absolute atomic E-state index is 13.3. The smallest absolute Gasteiger partial charge is 0.344 e. The number of hydrogen-bond acceptors (Lipinski definition) is 6. The predicted molar refractivity (Wildman–Crippen MR) is 95.8 cm³/mol. The van der Waals surface area contributed by atoms with E-state index < -0.39 is 28.5 Å². The highest BCUT2D eigenvalue weighted by Gasteiger charge is 2.21. The first-order valence-corrected chi connectivity index (χ1v) is 8.07. The molecular formula is C20H11F2NO6. The van der Waals surface area contributed by atoms with Gasteiger partial charge in [0.25, 0.3) is 5.69 Å². The number of carbonyl (C=O) groups excluding carboxylic acids is 2. The van der Waals surface area contributed by atoms with Gasteiger partial charge in [0, 0.05) is 24.3 Å². The minimum Gasteiger partial charge on any atom is -0.423 e. The van der Waals surface area contributed by atoms with Crippen molar-refractivity contribution in [1.29, 1.82) is 0 Å². The van der Waals surface area contributed by atoms with Gasteiger partial charge in [-0.3, -0.25) is 10.1 Å². The second kappa shape index (κ2) is 8.26. The average molecular weight is 399 g/mol. The Hall–Kier alpha value is -4.14. The largest absolute Gasteiger partial charge is 0.423 e. The molecule has 0 fully saturated rings. The second-order valence-electron chi connectivity index (χ2n) is 5.68. The molecule has 0 saturated carbocycles. The van der Waals surface area contributed by atoms with Crippen LogP contribution in [0.3, 0.4) is 0 Å². The number of hydrogen-bond donors (Lipinski definition) is 0. The van der Waals surface area contributed by atoms with Crippen LogP contribution in [0.2, 0.25) is 0 Å². The molecule has 0 unspecified atom stereocenters. The fraction of sp³-hybridized carbons (Fsp3) is 0. The summed E-state index contributed by atoms with van der Waals surface area (Å²) >= 11 is 0. The Morgan fingerprint density at radius 2 is 1.31 bits per heavy atom. The van der Waals surface area contributed by atoms with Crippen LogP contribution in [0.1, 0.15) is 20.7 Å². The van der Waals surface area contributed by atoms with E-state index in [1.165, 1.54) is 42.5 Å². The van der Waals surface area contributed by atoms with Crippen molar-refractivity contribution in [2.24, 2.45) is 0 Å². The molecule has 3 aromatic rings. The van der Waals surface area contributed by atoms with Crippen molar-refractivity contribution in [1.82, 2.24) is 0 Å². The predicted octanol–water partition coefficient (Wildman–Crippen LogP) is 4.31. The maximum Gasteiger partial charge on any atom is 0.344 e. The van der Waals surface area contributed by atoms with Crippen molar-refractivity contribution in [3.8, 4) is 11.5 Å². The molecule has 0 heterocycles. The molecule has 146 valence electrons. The Balaban J connectivity index is 1.84. The van der Waals surface area contributed by atoms with Gasteiger partial charge in [-0.15, -0.1) is 0 Å². The van der Waals surface area contributed by atoms with Gasteiger partial charge in [0.05, 0.1) is 22.1 Å². The molecule has 0 bridgehead atoms. The molecule has 7 nitrogen and oxygen atoms in total. The van der Waals surface area contributed by atoms with Crippen molar-refractivity contribution in [3.63, 3.8) is 0 Å². The molecule has 0 spiro atoms. The van der Waals surface area contributed by atoms with Crippen LogP contribution in [0.15, 0.2) is 66.7 Å². The molecule has 3 rings (SSSR count).